The van der Waals surface area contributed by atoms with E-state index in [9.17, 15) is 9.18 Å². The van der Waals surface area contributed by atoms with Crippen molar-refractivity contribution < 1.29 is 9.18 Å². The van der Waals surface area contributed by atoms with E-state index < -0.39 is 0 Å². The Bertz CT molecular complexity index is 922. The molecule has 3 aromatic rings. The molecule has 1 aliphatic heterocycles. The number of rotatable bonds is 4. The van der Waals surface area contributed by atoms with Crippen LogP contribution in [0.25, 0.3) is 16.4 Å². The zero-order valence-corrected chi connectivity index (χ0v) is 17.0. The second kappa shape index (κ2) is 8.81. The average Bonchev–Trinajstić information content (AvgIpc) is 3.38. The first-order valence-electron chi connectivity index (χ1n) is 8.88. The fraction of sp³-hybridized carbons (Fsp3) is 0.316. The number of halogens is 2. The molecule has 0 saturated carbocycles. The molecule has 148 valence electrons. The molecule has 1 saturated heterocycles. The van der Waals surface area contributed by atoms with E-state index in [4.69, 9.17) is 0 Å². The van der Waals surface area contributed by atoms with Crippen LogP contribution in [0, 0.1) is 5.82 Å². The molecule has 1 aromatic carbocycles. The van der Waals surface area contributed by atoms with Crippen molar-refractivity contribution in [2.75, 3.05) is 20.1 Å². The number of amides is 1. The van der Waals surface area contributed by atoms with Crippen LogP contribution >= 0.6 is 23.7 Å². The largest absolute Gasteiger partial charge is 0.336 e. The number of aromatic nitrogens is 3. The van der Waals surface area contributed by atoms with Crippen molar-refractivity contribution >= 4 is 29.7 Å². The van der Waals surface area contributed by atoms with Crippen molar-refractivity contribution in [3.05, 3.63) is 53.4 Å². The summed E-state index contributed by atoms with van der Waals surface area (Å²) < 4.78 is 14.9. The second-order valence-electron chi connectivity index (χ2n) is 6.52. The van der Waals surface area contributed by atoms with E-state index >= 15 is 0 Å². The summed E-state index contributed by atoms with van der Waals surface area (Å²) >= 11 is 1.52. The van der Waals surface area contributed by atoms with E-state index in [-0.39, 0.29) is 36.0 Å². The van der Waals surface area contributed by atoms with Gasteiger partial charge in [0.05, 0.1) is 10.6 Å². The Labute approximate surface area is 172 Å². The van der Waals surface area contributed by atoms with Gasteiger partial charge in [-0.05, 0) is 61.6 Å². The first-order chi connectivity index (χ1) is 13.1. The van der Waals surface area contributed by atoms with Gasteiger partial charge in [0.25, 0.3) is 5.91 Å². The van der Waals surface area contributed by atoms with Gasteiger partial charge in [-0.2, -0.15) is 0 Å². The van der Waals surface area contributed by atoms with Crippen LogP contribution in [0.15, 0.2) is 41.8 Å². The molecule has 1 N–H and O–H groups in total. The lowest BCUT2D eigenvalue weighted by Gasteiger charge is -2.30. The number of nitrogens with zero attached hydrogens (tertiary/aromatic N) is 4. The number of carbonyl (C=O) groups excluding carboxylic acids is 1. The first-order valence-corrected chi connectivity index (χ1v) is 9.76. The minimum Gasteiger partial charge on any atom is -0.336 e. The molecule has 6 nitrogen and oxygen atoms in total. The number of piperidine rings is 1. The van der Waals surface area contributed by atoms with Crippen LogP contribution in [0.2, 0.25) is 0 Å². The van der Waals surface area contributed by atoms with Crippen LogP contribution in [-0.4, -0.2) is 51.8 Å². The summed E-state index contributed by atoms with van der Waals surface area (Å²) in [6, 6.07) is 10.0. The van der Waals surface area contributed by atoms with Gasteiger partial charge in [0, 0.05) is 13.1 Å². The SMILES string of the molecule is CN(C(=O)c1nc(-c2cccs2)n(-c2ccc(F)cc2)n1)C1CCNCC1.Cl. The third-order valence-corrected chi connectivity index (χ3v) is 5.65. The van der Waals surface area contributed by atoms with Crippen molar-refractivity contribution in [2.24, 2.45) is 0 Å². The van der Waals surface area contributed by atoms with E-state index in [1.165, 1.54) is 23.5 Å². The maximum Gasteiger partial charge on any atom is 0.293 e. The lowest BCUT2D eigenvalue weighted by Crippen LogP contribution is -2.44. The summed E-state index contributed by atoms with van der Waals surface area (Å²) in [4.78, 5) is 20.1. The number of carbonyl (C=O) groups is 1. The lowest BCUT2D eigenvalue weighted by molar-refractivity contribution is 0.0691. The normalized spacial score (nSPS) is 14.5. The molecule has 0 bridgehead atoms. The highest BCUT2D eigenvalue weighted by Gasteiger charge is 2.27. The van der Waals surface area contributed by atoms with Crippen LogP contribution in [-0.2, 0) is 0 Å². The Kier molecular flexibility index (Phi) is 6.43. The molecule has 1 fully saturated rings. The fourth-order valence-corrected chi connectivity index (χ4v) is 3.95. The molecular weight excluding hydrogens is 401 g/mol. The van der Waals surface area contributed by atoms with E-state index in [0.717, 1.165) is 30.8 Å². The van der Waals surface area contributed by atoms with Gasteiger partial charge >= 0.3 is 0 Å². The molecule has 0 aliphatic carbocycles. The summed E-state index contributed by atoms with van der Waals surface area (Å²) in [7, 11) is 1.81. The van der Waals surface area contributed by atoms with E-state index in [0.29, 0.717) is 11.5 Å². The van der Waals surface area contributed by atoms with Gasteiger partial charge in [0.15, 0.2) is 5.82 Å². The molecule has 0 radical (unpaired) electrons. The third kappa shape index (κ3) is 4.09. The summed E-state index contributed by atoms with van der Waals surface area (Å²) in [6.45, 7) is 1.81. The molecule has 28 heavy (non-hydrogen) atoms. The zero-order chi connectivity index (χ0) is 18.8. The van der Waals surface area contributed by atoms with Gasteiger partial charge in [-0.3, -0.25) is 4.79 Å². The fourth-order valence-electron chi connectivity index (χ4n) is 3.25. The minimum atomic E-state index is -0.321. The van der Waals surface area contributed by atoms with Crippen molar-refractivity contribution in [3.8, 4) is 16.4 Å². The molecule has 3 heterocycles. The van der Waals surface area contributed by atoms with E-state index in [2.05, 4.69) is 15.4 Å². The minimum absolute atomic E-state index is 0. The third-order valence-electron chi connectivity index (χ3n) is 4.79. The Hall–Kier alpha value is -2.29. The van der Waals surface area contributed by atoms with Crippen LogP contribution < -0.4 is 5.32 Å². The topological polar surface area (TPSA) is 63.1 Å². The number of hydrogen-bond acceptors (Lipinski definition) is 5. The Morgan fingerprint density at radius 2 is 1.96 bits per heavy atom. The Morgan fingerprint density at radius 1 is 1.25 bits per heavy atom. The molecule has 2 aromatic heterocycles. The number of thiophene rings is 1. The average molecular weight is 422 g/mol. The number of benzene rings is 1. The maximum atomic E-state index is 13.3. The quantitative estimate of drug-likeness (QED) is 0.701. The molecule has 4 rings (SSSR count). The summed E-state index contributed by atoms with van der Waals surface area (Å²) in [6.07, 6.45) is 1.83. The highest BCUT2D eigenvalue weighted by Crippen LogP contribution is 2.26. The monoisotopic (exact) mass is 421 g/mol. The van der Waals surface area contributed by atoms with Crippen molar-refractivity contribution in [1.82, 2.24) is 25.0 Å². The molecule has 0 atom stereocenters. The summed E-state index contributed by atoms with van der Waals surface area (Å²) in [5.74, 6) is 0.224. The van der Waals surface area contributed by atoms with Gasteiger partial charge in [0.2, 0.25) is 5.82 Å². The van der Waals surface area contributed by atoms with E-state index in [1.54, 1.807) is 21.7 Å². The Morgan fingerprint density at radius 3 is 2.61 bits per heavy atom. The highest BCUT2D eigenvalue weighted by molar-refractivity contribution is 7.13. The molecule has 1 amide bonds. The molecule has 9 heteroatoms. The van der Waals surface area contributed by atoms with Crippen molar-refractivity contribution in [2.45, 2.75) is 18.9 Å². The van der Waals surface area contributed by atoms with Gasteiger partial charge in [-0.15, -0.1) is 28.8 Å². The molecule has 1 aliphatic rings. The first kappa shape index (κ1) is 20.4. The number of nitrogens with one attached hydrogen (secondary N) is 1. The van der Waals surface area contributed by atoms with Crippen molar-refractivity contribution in [3.63, 3.8) is 0 Å². The molecule has 0 unspecified atom stereocenters. The van der Waals surface area contributed by atoms with Gasteiger partial charge in [0.1, 0.15) is 5.82 Å². The maximum absolute atomic E-state index is 13.3. The lowest BCUT2D eigenvalue weighted by atomic mass is 10.1. The van der Waals surface area contributed by atoms with Crippen molar-refractivity contribution in [1.29, 1.82) is 0 Å². The van der Waals surface area contributed by atoms with Gasteiger partial charge in [-0.1, -0.05) is 6.07 Å². The molecular formula is C19H21ClFN5OS. The van der Waals surface area contributed by atoms with Crippen LogP contribution in [0.4, 0.5) is 4.39 Å². The molecule has 0 spiro atoms. The Balaban J connectivity index is 0.00000225. The summed E-state index contributed by atoms with van der Waals surface area (Å²) in [5, 5.41) is 9.71. The summed E-state index contributed by atoms with van der Waals surface area (Å²) in [5.41, 5.74) is 0.663. The van der Waals surface area contributed by atoms with Crippen LogP contribution in [0.1, 0.15) is 23.5 Å². The van der Waals surface area contributed by atoms with Gasteiger partial charge in [-0.25, -0.2) is 14.1 Å². The zero-order valence-electron chi connectivity index (χ0n) is 15.3. The predicted octanol–water partition coefficient (Wildman–Crippen LogP) is 3.38. The standard InChI is InChI=1S/C19H20FN5OS.ClH/c1-24(14-8-10-21-11-9-14)19(26)17-22-18(16-3-2-12-27-16)25(23-17)15-6-4-13(20)5-7-15;/h2-7,12,14,21H,8-11H2,1H3;1H. The van der Waals surface area contributed by atoms with Crippen LogP contribution in [0.5, 0.6) is 0 Å². The highest BCUT2D eigenvalue weighted by atomic mass is 35.5. The van der Waals surface area contributed by atoms with E-state index in [1.807, 2.05) is 24.6 Å². The smallest absolute Gasteiger partial charge is 0.293 e. The van der Waals surface area contributed by atoms with Crippen LogP contribution in [0.3, 0.4) is 0 Å². The van der Waals surface area contributed by atoms with Gasteiger partial charge < -0.3 is 10.2 Å². The predicted molar refractivity (Wildman–Crippen MR) is 110 cm³/mol. The second-order valence-corrected chi connectivity index (χ2v) is 7.47. The number of hydrogen-bond donors (Lipinski definition) is 1.